The molecule has 0 spiro atoms. The van der Waals surface area contributed by atoms with Gasteiger partial charge in [-0.05, 0) is 13.4 Å². The van der Waals surface area contributed by atoms with E-state index in [1.165, 1.54) is 6.20 Å². The molecule has 0 bridgehead atoms. The van der Waals surface area contributed by atoms with Crippen LogP contribution in [0.5, 0.6) is 0 Å². The molecule has 0 aromatic carbocycles. The zero-order valence-electron chi connectivity index (χ0n) is 6.27. The van der Waals surface area contributed by atoms with Crippen LogP contribution in [0.3, 0.4) is 0 Å². The van der Waals surface area contributed by atoms with Gasteiger partial charge >= 0.3 is 0 Å². The van der Waals surface area contributed by atoms with Gasteiger partial charge in [0.25, 0.3) is 11.5 Å². The minimum Gasteiger partial charge on any atom is -0.422 e. The summed E-state index contributed by atoms with van der Waals surface area (Å²) >= 11 is 0. The van der Waals surface area contributed by atoms with Gasteiger partial charge in [0.2, 0.25) is 0 Å². The van der Waals surface area contributed by atoms with Crippen molar-refractivity contribution in [1.29, 1.82) is 5.41 Å². The number of hydrogen-bond donors (Lipinski definition) is 2. The summed E-state index contributed by atoms with van der Waals surface area (Å²) in [6.45, 7) is 5.60. The van der Waals surface area contributed by atoms with E-state index < -0.39 is 5.56 Å². The molecule has 2 N–H and O–H groups in total. The third kappa shape index (κ3) is 2.01. The average molecular weight is 168 g/mol. The first-order valence-corrected chi connectivity index (χ1v) is 2.85. The number of aliphatic imine (C=N–C) groups is 1. The molecule has 0 amide bonds. The summed E-state index contributed by atoms with van der Waals surface area (Å²) in [5, 5.41) is 14.3. The van der Waals surface area contributed by atoms with Crippen molar-refractivity contribution in [2.45, 2.75) is 0 Å². The van der Waals surface area contributed by atoms with Crippen molar-refractivity contribution < 1.29 is 5.21 Å². The molecule has 0 saturated carbocycles. The second kappa shape index (κ2) is 4.78. The van der Waals surface area contributed by atoms with Crippen LogP contribution < -0.4 is 5.56 Å². The lowest BCUT2D eigenvalue weighted by Gasteiger charge is -1.95. The van der Waals surface area contributed by atoms with E-state index in [4.69, 9.17) is 10.6 Å². The van der Waals surface area contributed by atoms with Crippen molar-refractivity contribution in [2.75, 3.05) is 0 Å². The Balaban J connectivity index is 0.000000561. The summed E-state index contributed by atoms with van der Waals surface area (Å²) < 4.78 is 0.326. The monoisotopic (exact) mass is 168 g/mol. The Kier molecular flexibility index (Phi) is 3.99. The molecule has 1 heterocycles. The van der Waals surface area contributed by atoms with Gasteiger partial charge in [-0.2, -0.15) is 0 Å². The third-order valence-electron chi connectivity index (χ3n) is 0.947. The fourth-order valence-electron chi connectivity index (χ4n) is 0.499. The van der Waals surface area contributed by atoms with E-state index >= 15 is 0 Å². The van der Waals surface area contributed by atoms with Crippen molar-refractivity contribution in [2.24, 2.45) is 4.99 Å². The average Bonchev–Trinajstić information content (AvgIpc) is 2.13. The smallest absolute Gasteiger partial charge is 0.287 e. The zero-order valence-corrected chi connectivity index (χ0v) is 6.27. The van der Waals surface area contributed by atoms with Crippen LogP contribution in [0.15, 0.2) is 22.1 Å². The highest BCUT2D eigenvalue weighted by molar-refractivity contribution is 5.33. The van der Waals surface area contributed by atoms with Gasteiger partial charge in [-0.1, -0.05) is 0 Å². The molecule has 12 heavy (non-hydrogen) atoms. The van der Waals surface area contributed by atoms with Gasteiger partial charge in [0.05, 0.1) is 0 Å². The number of aromatic nitrogens is 2. The summed E-state index contributed by atoms with van der Waals surface area (Å²) in [4.78, 5) is 17.4. The fraction of sp³-hybridized carbons (Fsp3) is 0. The quantitative estimate of drug-likeness (QED) is 0.459. The zero-order chi connectivity index (χ0) is 9.56. The molecule has 64 valence electrons. The van der Waals surface area contributed by atoms with Gasteiger partial charge in [-0.3, -0.25) is 4.79 Å². The minimum atomic E-state index is -0.572. The molecule has 1 rings (SSSR count). The van der Waals surface area contributed by atoms with Crippen LogP contribution in [-0.2, 0) is 0 Å². The van der Waals surface area contributed by atoms with Crippen molar-refractivity contribution in [3.05, 3.63) is 22.6 Å². The highest BCUT2D eigenvalue weighted by Gasteiger charge is 1.96. The molecule has 0 fully saturated rings. The molecule has 0 aliphatic heterocycles. The maximum Gasteiger partial charge on any atom is 0.287 e. The summed E-state index contributed by atoms with van der Waals surface area (Å²) in [7, 11) is 0. The van der Waals surface area contributed by atoms with Crippen LogP contribution in [-0.4, -0.2) is 28.4 Å². The van der Waals surface area contributed by atoms with Gasteiger partial charge in [0.15, 0.2) is 0 Å². The van der Waals surface area contributed by atoms with Gasteiger partial charge in [0, 0.05) is 12.3 Å². The van der Waals surface area contributed by atoms with Gasteiger partial charge in [-0.25, -0.2) is 9.98 Å². The van der Waals surface area contributed by atoms with E-state index in [9.17, 15) is 4.79 Å². The van der Waals surface area contributed by atoms with E-state index in [1.807, 2.05) is 0 Å². The maximum absolute atomic E-state index is 10.6. The summed E-state index contributed by atoms with van der Waals surface area (Å²) in [5.41, 5.74) is -0.572. The molecule has 6 heteroatoms. The molecule has 0 aliphatic carbocycles. The number of nitrogens with one attached hydrogen (secondary N) is 1. The Labute approximate surface area is 68.3 Å². The lowest BCUT2D eigenvalue weighted by molar-refractivity contribution is 0.176. The molecule has 0 unspecified atom stereocenters. The van der Waals surface area contributed by atoms with Gasteiger partial charge < -0.3 is 10.6 Å². The number of rotatable bonds is 1. The Bertz CT molecular complexity index is 320. The first-order valence-electron chi connectivity index (χ1n) is 2.85. The van der Waals surface area contributed by atoms with Crippen LogP contribution in [0.2, 0.25) is 0 Å². The van der Waals surface area contributed by atoms with Crippen molar-refractivity contribution in [3.63, 3.8) is 0 Å². The highest BCUT2D eigenvalue weighted by atomic mass is 16.5. The predicted molar refractivity (Wildman–Crippen MR) is 44.7 cm³/mol. The number of hydrogen-bond acceptors (Lipinski definition) is 5. The van der Waals surface area contributed by atoms with Crippen molar-refractivity contribution in [1.82, 2.24) is 9.71 Å². The molecule has 1 aromatic rings. The molecular formula is C6H8N4O2. The first-order chi connectivity index (χ1) is 5.75. The van der Waals surface area contributed by atoms with Crippen LogP contribution in [0, 0.1) is 5.41 Å². The minimum absolute atomic E-state index is 0.104. The van der Waals surface area contributed by atoms with Crippen LogP contribution in [0.1, 0.15) is 0 Å². The van der Waals surface area contributed by atoms with Gasteiger partial charge in [0.1, 0.15) is 0 Å². The van der Waals surface area contributed by atoms with E-state index in [0.717, 1.165) is 6.07 Å². The number of nitrogens with zero attached hydrogens (tertiary/aromatic N) is 3. The molecule has 1 aromatic heterocycles. The second-order valence-corrected chi connectivity index (χ2v) is 1.55. The Morgan fingerprint density at radius 3 is 2.67 bits per heavy atom. The predicted octanol–water partition coefficient (Wildman–Crippen LogP) is 0.0785. The Morgan fingerprint density at radius 2 is 2.25 bits per heavy atom. The van der Waals surface area contributed by atoms with Crippen molar-refractivity contribution in [3.8, 4) is 0 Å². The normalized spacial score (nSPS) is 8.00. The van der Waals surface area contributed by atoms with E-state index in [0.29, 0.717) is 4.73 Å². The highest BCUT2D eigenvalue weighted by Crippen LogP contribution is 1.97. The topological polar surface area (TPSA) is 91.3 Å². The van der Waals surface area contributed by atoms with Gasteiger partial charge in [-0.15, -0.1) is 4.73 Å². The third-order valence-corrected chi connectivity index (χ3v) is 0.947. The standard InChI is InChI=1S/C5H5N3O2.CH3N/c1-6-5-7-3-2-4(9)8(5)10;1-2/h2-3,10H,1H2;2H,1H2. The lowest BCUT2D eigenvalue weighted by atomic mass is 10.6. The van der Waals surface area contributed by atoms with Crippen LogP contribution in [0.25, 0.3) is 0 Å². The fourth-order valence-corrected chi connectivity index (χ4v) is 0.499. The Hall–Kier alpha value is -1.98. The molecule has 0 saturated heterocycles. The first kappa shape index (κ1) is 10.0. The van der Waals surface area contributed by atoms with Crippen LogP contribution >= 0.6 is 0 Å². The summed E-state index contributed by atoms with van der Waals surface area (Å²) in [6, 6.07) is 1.12. The SMILES string of the molecule is C=N.C=Nc1nccc(=O)n1O. The largest absolute Gasteiger partial charge is 0.422 e. The molecule has 0 radical (unpaired) electrons. The molecule has 0 aliphatic rings. The van der Waals surface area contributed by atoms with Crippen LogP contribution in [0.4, 0.5) is 5.95 Å². The maximum atomic E-state index is 10.6. The van der Waals surface area contributed by atoms with Crippen molar-refractivity contribution >= 4 is 19.4 Å². The molecular weight excluding hydrogens is 160 g/mol. The summed E-state index contributed by atoms with van der Waals surface area (Å²) in [5.74, 6) is -0.104. The van der Waals surface area contributed by atoms with E-state index in [-0.39, 0.29) is 5.95 Å². The summed E-state index contributed by atoms with van der Waals surface area (Å²) in [6.07, 6.45) is 1.25. The van der Waals surface area contributed by atoms with E-state index in [2.05, 4.69) is 23.4 Å². The Morgan fingerprint density at radius 1 is 1.67 bits per heavy atom. The second-order valence-electron chi connectivity index (χ2n) is 1.55. The van der Waals surface area contributed by atoms with E-state index in [1.54, 1.807) is 0 Å². The molecule has 6 nitrogen and oxygen atoms in total. The molecule has 0 atom stereocenters. The lowest BCUT2D eigenvalue weighted by Crippen LogP contribution is -2.16.